The molecule has 2 aliphatic heterocycles. The topological polar surface area (TPSA) is 40.6 Å². The van der Waals surface area contributed by atoms with E-state index >= 15 is 0 Å². The van der Waals surface area contributed by atoms with Crippen molar-refractivity contribution in [2.45, 2.75) is 43.9 Å². The van der Waals surface area contributed by atoms with Crippen molar-refractivity contribution in [3.8, 4) is 0 Å². The van der Waals surface area contributed by atoms with E-state index < -0.39 is 5.41 Å². The Labute approximate surface area is 172 Å². The number of rotatable bonds is 4. The number of para-hydroxylation sites is 1. The molecule has 0 N–H and O–H groups in total. The summed E-state index contributed by atoms with van der Waals surface area (Å²) in [6, 6.07) is 18.5. The molecular formula is C25H28N2O2. The molecule has 5 rings (SSSR count). The highest BCUT2D eigenvalue weighted by Gasteiger charge is 2.55. The molecule has 150 valence electrons. The maximum Gasteiger partial charge on any atom is 0.239 e. The van der Waals surface area contributed by atoms with E-state index in [1.807, 2.05) is 40.1 Å². The van der Waals surface area contributed by atoms with E-state index in [1.165, 1.54) is 5.56 Å². The lowest BCUT2D eigenvalue weighted by molar-refractivity contribution is -0.134. The molecule has 1 unspecified atom stereocenters. The van der Waals surface area contributed by atoms with Crippen molar-refractivity contribution in [2.75, 3.05) is 24.5 Å². The van der Waals surface area contributed by atoms with Crippen LogP contribution in [0.1, 0.15) is 43.2 Å². The van der Waals surface area contributed by atoms with Crippen LogP contribution in [0.4, 0.5) is 5.69 Å². The van der Waals surface area contributed by atoms with Crippen molar-refractivity contribution < 1.29 is 9.59 Å². The predicted molar refractivity (Wildman–Crippen MR) is 114 cm³/mol. The van der Waals surface area contributed by atoms with Gasteiger partial charge in [0.1, 0.15) is 0 Å². The van der Waals surface area contributed by atoms with Gasteiger partial charge < -0.3 is 9.80 Å². The average molecular weight is 389 g/mol. The van der Waals surface area contributed by atoms with Crippen LogP contribution in [0.5, 0.6) is 0 Å². The van der Waals surface area contributed by atoms with Gasteiger partial charge >= 0.3 is 0 Å². The molecule has 1 atom stereocenters. The maximum atomic E-state index is 13.7. The highest BCUT2D eigenvalue weighted by atomic mass is 16.2. The van der Waals surface area contributed by atoms with Gasteiger partial charge in [0.25, 0.3) is 0 Å². The summed E-state index contributed by atoms with van der Waals surface area (Å²) >= 11 is 0. The molecule has 2 aromatic rings. The number of carbonyl (C=O) groups excluding carboxylic acids is 2. The standard InChI is InChI=1S/C25H28N2O2/c28-23(20-10-4-5-11-20)26-17-15-25(18-26)21-12-6-7-13-22(21)27(24(25)29)16-14-19-8-2-1-3-9-19/h1-3,6-9,12-13,20H,4-5,10-11,14-18H2. The SMILES string of the molecule is O=C(C1CCCC1)N1CCC2(C1)C(=O)N(CCc1ccccc1)c1ccccc12. The highest BCUT2D eigenvalue weighted by Crippen LogP contribution is 2.47. The summed E-state index contributed by atoms with van der Waals surface area (Å²) in [6.07, 6.45) is 5.91. The van der Waals surface area contributed by atoms with Crippen LogP contribution in [-0.2, 0) is 21.4 Å². The number of hydrogen-bond donors (Lipinski definition) is 0. The van der Waals surface area contributed by atoms with Crippen LogP contribution >= 0.6 is 0 Å². The van der Waals surface area contributed by atoms with E-state index in [2.05, 4.69) is 24.3 Å². The second kappa shape index (κ2) is 7.33. The molecule has 1 spiro atoms. The summed E-state index contributed by atoms with van der Waals surface area (Å²) in [4.78, 5) is 30.6. The van der Waals surface area contributed by atoms with Crippen molar-refractivity contribution in [2.24, 2.45) is 5.92 Å². The number of nitrogens with zero attached hydrogens (tertiary/aromatic N) is 2. The second-order valence-electron chi connectivity index (χ2n) is 8.78. The van der Waals surface area contributed by atoms with Crippen LogP contribution in [-0.4, -0.2) is 36.3 Å². The molecule has 1 aliphatic carbocycles. The summed E-state index contributed by atoms with van der Waals surface area (Å²) in [5, 5.41) is 0. The number of fused-ring (bicyclic) bond motifs is 2. The molecule has 0 radical (unpaired) electrons. The number of hydrogen-bond acceptors (Lipinski definition) is 2. The van der Waals surface area contributed by atoms with Crippen LogP contribution in [0.15, 0.2) is 54.6 Å². The first-order chi connectivity index (χ1) is 14.2. The van der Waals surface area contributed by atoms with E-state index in [1.54, 1.807) is 0 Å². The molecule has 1 saturated carbocycles. The quantitative estimate of drug-likeness (QED) is 0.796. The van der Waals surface area contributed by atoms with E-state index in [9.17, 15) is 9.59 Å². The molecule has 0 bridgehead atoms. The molecule has 0 aromatic heterocycles. The Morgan fingerprint density at radius 2 is 1.72 bits per heavy atom. The van der Waals surface area contributed by atoms with Gasteiger partial charge in [-0.15, -0.1) is 0 Å². The van der Waals surface area contributed by atoms with Crippen molar-refractivity contribution >= 4 is 17.5 Å². The van der Waals surface area contributed by atoms with Crippen molar-refractivity contribution in [3.05, 3.63) is 65.7 Å². The highest BCUT2D eigenvalue weighted by molar-refractivity contribution is 6.09. The number of benzene rings is 2. The summed E-state index contributed by atoms with van der Waals surface area (Å²) < 4.78 is 0. The van der Waals surface area contributed by atoms with Crippen molar-refractivity contribution in [1.29, 1.82) is 0 Å². The minimum atomic E-state index is -0.554. The normalized spacial score (nSPS) is 23.9. The Balaban J connectivity index is 1.39. The van der Waals surface area contributed by atoms with Gasteiger partial charge in [0.2, 0.25) is 11.8 Å². The average Bonchev–Trinajstić information content (AvgIpc) is 3.49. The first-order valence-electron chi connectivity index (χ1n) is 10.9. The molecule has 4 heteroatoms. The van der Waals surface area contributed by atoms with Crippen LogP contribution < -0.4 is 4.90 Å². The molecule has 2 fully saturated rings. The van der Waals surface area contributed by atoms with Gasteiger partial charge in [-0.25, -0.2) is 0 Å². The third kappa shape index (κ3) is 3.06. The van der Waals surface area contributed by atoms with Gasteiger partial charge in [0.15, 0.2) is 0 Å². The summed E-state index contributed by atoms with van der Waals surface area (Å²) in [6.45, 7) is 1.92. The first-order valence-corrected chi connectivity index (χ1v) is 10.9. The van der Waals surface area contributed by atoms with Gasteiger partial charge in [-0.2, -0.15) is 0 Å². The van der Waals surface area contributed by atoms with Crippen LogP contribution in [0.2, 0.25) is 0 Å². The monoisotopic (exact) mass is 388 g/mol. The Morgan fingerprint density at radius 3 is 2.52 bits per heavy atom. The lowest BCUT2D eigenvalue weighted by atomic mass is 9.81. The Bertz CT molecular complexity index is 919. The van der Waals surface area contributed by atoms with E-state index in [-0.39, 0.29) is 17.7 Å². The Morgan fingerprint density at radius 1 is 1.00 bits per heavy atom. The fourth-order valence-electron chi connectivity index (χ4n) is 5.53. The number of likely N-dealkylation sites (tertiary alicyclic amines) is 1. The molecular weight excluding hydrogens is 360 g/mol. The minimum absolute atomic E-state index is 0.172. The molecule has 29 heavy (non-hydrogen) atoms. The fourth-order valence-corrected chi connectivity index (χ4v) is 5.53. The number of anilines is 1. The zero-order chi connectivity index (χ0) is 19.8. The zero-order valence-corrected chi connectivity index (χ0v) is 16.8. The molecule has 2 amide bonds. The van der Waals surface area contributed by atoms with Crippen molar-refractivity contribution in [1.82, 2.24) is 4.90 Å². The van der Waals surface area contributed by atoms with Crippen LogP contribution in [0, 0.1) is 5.92 Å². The van der Waals surface area contributed by atoms with Gasteiger partial charge in [0, 0.05) is 31.2 Å². The zero-order valence-electron chi connectivity index (χ0n) is 16.8. The molecule has 1 saturated heterocycles. The smallest absolute Gasteiger partial charge is 0.239 e. The van der Waals surface area contributed by atoms with E-state index in [0.29, 0.717) is 19.6 Å². The summed E-state index contributed by atoms with van der Waals surface area (Å²) in [5.74, 6) is 0.620. The lowest BCUT2D eigenvalue weighted by Crippen LogP contribution is -2.44. The maximum absolute atomic E-state index is 13.7. The van der Waals surface area contributed by atoms with Crippen LogP contribution in [0.25, 0.3) is 0 Å². The minimum Gasteiger partial charge on any atom is -0.341 e. The van der Waals surface area contributed by atoms with E-state index in [4.69, 9.17) is 0 Å². The number of carbonyl (C=O) groups is 2. The fraction of sp³-hybridized carbons (Fsp3) is 0.440. The van der Waals surface area contributed by atoms with Gasteiger partial charge in [0.05, 0.1) is 5.41 Å². The second-order valence-corrected chi connectivity index (χ2v) is 8.78. The molecule has 2 heterocycles. The van der Waals surface area contributed by atoms with Crippen molar-refractivity contribution in [3.63, 3.8) is 0 Å². The van der Waals surface area contributed by atoms with Gasteiger partial charge in [-0.05, 0) is 42.9 Å². The first kappa shape index (κ1) is 18.4. The third-order valence-corrected chi connectivity index (χ3v) is 7.12. The Kier molecular flexibility index (Phi) is 4.65. The summed E-state index contributed by atoms with van der Waals surface area (Å²) in [7, 11) is 0. The largest absolute Gasteiger partial charge is 0.341 e. The molecule has 2 aromatic carbocycles. The summed E-state index contributed by atoms with van der Waals surface area (Å²) in [5.41, 5.74) is 2.83. The molecule has 4 nitrogen and oxygen atoms in total. The molecule has 3 aliphatic rings. The Hall–Kier alpha value is -2.62. The van der Waals surface area contributed by atoms with E-state index in [0.717, 1.165) is 49.8 Å². The van der Waals surface area contributed by atoms with Gasteiger partial charge in [-0.1, -0.05) is 61.4 Å². The third-order valence-electron chi connectivity index (χ3n) is 7.12. The predicted octanol–water partition coefficient (Wildman–Crippen LogP) is 3.94. The lowest BCUT2D eigenvalue weighted by Gasteiger charge is -2.26. The van der Waals surface area contributed by atoms with Crippen LogP contribution in [0.3, 0.4) is 0 Å². The number of amides is 2. The van der Waals surface area contributed by atoms with Gasteiger partial charge in [-0.3, -0.25) is 9.59 Å².